The number of hydrogen-bond acceptors (Lipinski definition) is 3. The summed E-state index contributed by atoms with van der Waals surface area (Å²) in [7, 11) is 0. The highest BCUT2D eigenvalue weighted by atomic mass is 15.2. The number of nitrogens with zero attached hydrogens (tertiary/aromatic N) is 3. The summed E-state index contributed by atoms with van der Waals surface area (Å²) in [5, 5.41) is 0. The second-order valence-electron chi connectivity index (χ2n) is 4.89. The Morgan fingerprint density at radius 3 is 2.93 bits per heavy atom. The molecule has 4 nitrogen and oxygen atoms in total. The third-order valence-electron chi connectivity index (χ3n) is 3.25. The van der Waals surface area contributed by atoms with Gasteiger partial charge in [0, 0.05) is 12.2 Å². The number of hydrogen-bond donors (Lipinski definition) is 1. The molecular formula is C11H14N4. The lowest BCUT2D eigenvalue weighted by Crippen LogP contribution is -2.05. The molecule has 0 aromatic carbocycles. The summed E-state index contributed by atoms with van der Waals surface area (Å²) in [6.45, 7) is 4.48. The van der Waals surface area contributed by atoms with Crippen molar-refractivity contribution in [1.82, 2.24) is 14.5 Å². The standard InChI is InChI=1S/C11H14N4/c1-11(2)6-8(11)15-9-7(14-10(15)12)4-3-5-13-9/h3-5,8H,6H2,1-2H3,(H2,12,14). The predicted octanol–water partition coefficient (Wildman–Crippen LogP) is 1.98. The second kappa shape index (κ2) is 2.51. The molecule has 1 atom stereocenters. The average molecular weight is 202 g/mol. The molecule has 2 aromatic heterocycles. The third-order valence-corrected chi connectivity index (χ3v) is 3.25. The Morgan fingerprint density at radius 2 is 2.27 bits per heavy atom. The molecule has 4 heteroatoms. The fourth-order valence-corrected chi connectivity index (χ4v) is 2.13. The van der Waals surface area contributed by atoms with Gasteiger partial charge in [-0.25, -0.2) is 9.97 Å². The Morgan fingerprint density at radius 1 is 1.53 bits per heavy atom. The van der Waals surface area contributed by atoms with E-state index in [1.54, 1.807) is 6.20 Å². The number of rotatable bonds is 1. The van der Waals surface area contributed by atoms with E-state index in [4.69, 9.17) is 5.73 Å². The number of fused-ring (bicyclic) bond motifs is 1. The Kier molecular flexibility index (Phi) is 1.45. The molecular weight excluding hydrogens is 188 g/mol. The normalized spacial score (nSPS) is 23.2. The molecule has 0 saturated heterocycles. The number of imidazole rings is 1. The van der Waals surface area contributed by atoms with E-state index in [1.165, 1.54) is 0 Å². The van der Waals surface area contributed by atoms with E-state index < -0.39 is 0 Å². The van der Waals surface area contributed by atoms with E-state index in [0.717, 1.165) is 17.6 Å². The van der Waals surface area contributed by atoms with Crippen LogP contribution in [0.5, 0.6) is 0 Å². The lowest BCUT2D eigenvalue weighted by atomic mass is 10.2. The van der Waals surface area contributed by atoms with Gasteiger partial charge in [-0.2, -0.15) is 0 Å². The van der Waals surface area contributed by atoms with Gasteiger partial charge in [-0.1, -0.05) is 13.8 Å². The first-order valence-corrected chi connectivity index (χ1v) is 5.18. The first-order chi connectivity index (χ1) is 7.09. The van der Waals surface area contributed by atoms with Gasteiger partial charge in [0.2, 0.25) is 5.95 Å². The average Bonchev–Trinajstić information content (AvgIpc) is 2.68. The minimum Gasteiger partial charge on any atom is -0.369 e. The molecule has 2 aromatic rings. The minimum atomic E-state index is 0.333. The lowest BCUT2D eigenvalue weighted by molar-refractivity contribution is 0.551. The molecule has 0 aliphatic heterocycles. The van der Waals surface area contributed by atoms with E-state index in [2.05, 4.69) is 28.4 Å². The summed E-state index contributed by atoms with van der Waals surface area (Å²) in [4.78, 5) is 8.67. The van der Waals surface area contributed by atoms with Gasteiger partial charge in [0.25, 0.3) is 0 Å². The molecule has 0 bridgehead atoms. The van der Waals surface area contributed by atoms with Crippen LogP contribution in [-0.2, 0) is 0 Å². The van der Waals surface area contributed by atoms with E-state index in [9.17, 15) is 0 Å². The van der Waals surface area contributed by atoms with Gasteiger partial charge in [-0.15, -0.1) is 0 Å². The van der Waals surface area contributed by atoms with Crippen LogP contribution < -0.4 is 5.73 Å². The number of anilines is 1. The number of pyridine rings is 1. The van der Waals surface area contributed by atoms with Crippen LogP contribution in [0, 0.1) is 5.41 Å². The molecule has 2 N–H and O–H groups in total. The Labute approximate surface area is 88.1 Å². The molecule has 1 fully saturated rings. The van der Waals surface area contributed by atoms with Crippen molar-refractivity contribution in [3.8, 4) is 0 Å². The largest absolute Gasteiger partial charge is 0.369 e. The molecule has 2 heterocycles. The smallest absolute Gasteiger partial charge is 0.202 e. The topological polar surface area (TPSA) is 56.7 Å². The van der Waals surface area contributed by atoms with E-state index >= 15 is 0 Å². The van der Waals surface area contributed by atoms with Crippen molar-refractivity contribution >= 4 is 17.1 Å². The predicted molar refractivity (Wildman–Crippen MR) is 59.4 cm³/mol. The van der Waals surface area contributed by atoms with Crippen molar-refractivity contribution in [3.05, 3.63) is 18.3 Å². The van der Waals surface area contributed by atoms with Gasteiger partial charge in [0.15, 0.2) is 5.65 Å². The Bertz CT molecular complexity index is 526. The van der Waals surface area contributed by atoms with Gasteiger partial charge in [-0.05, 0) is 24.0 Å². The van der Waals surface area contributed by atoms with Crippen LogP contribution in [0.3, 0.4) is 0 Å². The van der Waals surface area contributed by atoms with Crippen molar-refractivity contribution in [1.29, 1.82) is 0 Å². The molecule has 1 saturated carbocycles. The van der Waals surface area contributed by atoms with Gasteiger partial charge < -0.3 is 5.73 Å². The minimum absolute atomic E-state index is 0.333. The number of nitrogen functional groups attached to an aromatic ring is 1. The third kappa shape index (κ3) is 1.14. The zero-order valence-electron chi connectivity index (χ0n) is 8.94. The van der Waals surface area contributed by atoms with Gasteiger partial charge in [0.1, 0.15) is 5.52 Å². The SMILES string of the molecule is CC1(C)CC1n1c(N)nc2cccnc21. The zero-order chi connectivity index (χ0) is 10.6. The molecule has 78 valence electrons. The maximum Gasteiger partial charge on any atom is 0.202 e. The van der Waals surface area contributed by atoms with Gasteiger partial charge in [-0.3, -0.25) is 4.57 Å². The first kappa shape index (κ1) is 8.71. The highest BCUT2D eigenvalue weighted by Crippen LogP contribution is 2.56. The van der Waals surface area contributed by atoms with Crippen LogP contribution in [0.15, 0.2) is 18.3 Å². The lowest BCUT2D eigenvalue weighted by Gasteiger charge is -2.07. The van der Waals surface area contributed by atoms with Crippen molar-refractivity contribution in [2.75, 3.05) is 5.73 Å². The summed E-state index contributed by atoms with van der Waals surface area (Å²) >= 11 is 0. The van der Waals surface area contributed by atoms with E-state index in [1.807, 2.05) is 12.1 Å². The first-order valence-electron chi connectivity index (χ1n) is 5.18. The summed E-state index contributed by atoms with van der Waals surface area (Å²) in [5.41, 5.74) is 8.05. The molecule has 3 rings (SSSR count). The maximum atomic E-state index is 5.93. The monoisotopic (exact) mass is 202 g/mol. The van der Waals surface area contributed by atoms with Crippen LogP contribution in [-0.4, -0.2) is 14.5 Å². The molecule has 0 amide bonds. The highest BCUT2D eigenvalue weighted by Gasteiger charge is 2.48. The van der Waals surface area contributed by atoms with E-state index in [-0.39, 0.29) is 0 Å². The summed E-state index contributed by atoms with van der Waals surface area (Å²) in [5.74, 6) is 0.583. The molecule has 1 unspecified atom stereocenters. The summed E-state index contributed by atoms with van der Waals surface area (Å²) < 4.78 is 2.06. The number of aromatic nitrogens is 3. The van der Waals surface area contributed by atoms with Crippen LogP contribution in [0.1, 0.15) is 26.3 Å². The number of nitrogens with two attached hydrogens (primary N) is 1. The zero-order valence-corrected chi connectivity index (χ0v) is 8.94. The van der Waals surface area contributed by atoms with Gasteiger partial charge >= 0.3 is 0 Å². The molecule has 0 spiro atoms. The van der Waals surface area contributed by atoms with Crippen molar-refractivity contribution < 1.29 is 0 Å². The fraction of sp³-hybridized carbons (Fsp3) is 0.455. The maximum absolute atomic E-state index is 5.93. The molecule has 0 radical (unpaired) electrons. The highest BCUT2D eigenvalue weighted by molar-refractivity contribution is 5.74. The van der Waals surface area contributed by atoms with E-state index in [0.29, 0.717) is 17.4 Å². The van der Waals surface area contributed by atoms with Crippen LogP contribution >= 0.6 is 0 Å². The summed E-state index contributed by atoms with van der Waals surface area (Å²) in [6.07, 6.45) is 2.94. The van der Waals surface area contributed by atoms with Crippen molar-refractivity contribution in [3.63, 3.8) is 0 Å². The molecule has 1 aliphatic rings. The van der Waals surface area contributed by atoms with Crippen LogP contribution in [0.4, 0.5) is 5.95 Å². The van der Waals surface area contributed by atoms with Gasteiger partial charge in [0.05, 0.1) is 0 Å². The molecule has 1 aliphatic carbocycles. The van der Waals surface area contributed by atoms with Crippen LogP contribution in [0.25, 0.3) is 11.2 Å². The second-order valence-corrected chi connectivity index (χ2v) is 4.89. The Balaban J connectivity index is 2.22. The van der Waals surface area contributed by atoms with Crippen molar-refractivity contribution in [2.24, 2.45) is 5.41 Å². The molecule has 15 heavy (non-hydrogen) atoms. The fourth-order valence-electron chi connectivity index (χ4n) is 2.13. The quantitative estimate of drug-likeness (QED) is 0.769. The summed E-state index contributed by atoms with van der Waals surface area (Å²) in [6, 6.07) is 4.29. The van der Waals surface area contributed by atoms with Crippen LogP contribution in [0.2, 0.25) is 0 Å². The van der Waals surface area contributed by atoms with Crippen molar-refractivity contribution in [2.45, 2.75) is 26.3 Å². The Hall–Kier alpha value is -1.58.